The minimum atomic E-state index is -0.112. The monoisotopic (exact) mass is 390 g/mol. The number of benzene rings is 2. The number of rotatable bonds is 6. The SMILES string of the molecule is CCN(Cc1ccc(C(=O)N(C)C)cc1)C(=O)c1cc(C)n(-c2ccccc2)n1. The van der Waals surface area contributed by atoms with Crippen LogP contribution in [0.3, 0.4) is 0 Å². The van der Waals surface area contributed by atoms with E-state index in [2.05, 4.69) is 5.10 Å². The first-order valence-corrected chi connectivity index (χ1v) is 9.62. The molecular weight excluding hydrogens is 364 g/mol. The lowest BCUT2D eigenvalue weighted by Gasteiger charge is -2.20. The number of aryl methyl sites for hydroxylation is 1. The van der Waals surface area contributed by atoms with Crippen LogP contribution >= 0.6 is 0 Å². The molecule has 1 heterocycles. The van der Waals surface area contributed by atoms with E-state index in [-0.39, 0.29) is 11.8 Å². The fourth-order valence-electron chi connectivity index (χ4n) is 3.13. The van der Waals surface area contributed by atoms with Crippen molar-refractivity contribution in [2.24, 2.45) is 0 Å². The predicted octanol–water partition coefficient (Wildman–Crippen LogP) is 3.54. The van der Waals surface area contributed by atoms with Crippen LogP contribution in [0.1, 0.15) is 39.0 Å². The van der Waals surface area contributed by atoms with E-state index in [0.29, 0.717) is 24.3 Å². The molecule has 0 fully saturated rings. The molecule has 0 aliphatic carbocycles. The summed E-state index contributed by atoms with van der Waals surface area (Å²) in [4.78, 5) is 28.4. The molecule has 0 bridgehead atoms. The van der Waals surface area contributed by atoms with Crippen LogP contribution in [0.4, 0.5) is 0 Å². The second-order valence-corrected chi connectivity index (χ2v) is 7.13. The molecule has 0 aliphatic heterocycles. The molecule has 2 aromatic carbocycles. The summed E-state index contributed by atoms with van der Waals surface area (Å²) in [7, 11) is 3.45. The van der Waals surface area contributed by atoms with E-state index in [4.69, 9.17) is 0 Å². The topological polar surface area (TPSA) is 58.4 Å². The second kappa shape index (κ2) is 8.73. The third-order valence-electron chi connectivity index (χ3n) is 4.76. The zero-order valence-electron chi connectivity index (χ0n) is 17.3. The molecule has 0 N–H and O–H groups in total. The number of carbonyl (C=O) groups excluding carboxylic acids is 2. The average molecular weight is 390 g/mol. The summed E-state index contributed by atoms with van der Waals surface area (Å²) < 4.78 is 1.78. The van der Waals surface area contributed by atoms with Gasteiger partial charge in [0.1, 0.15) is 0 Å². The zero-order valence-corrected chi connectivity index (χ0v) is 17.3. The zero-order chi connectivity index (χ0) is 21.0. The van der Waals surface area contributed by atoms with Gasteiger partial charge in [0, 0.05) is 38.4 Å². The number of para-hydroxylation sites is 1. The fourth-order valence-corrected chi connectivity index (χ4v) is 3.13. The van der Waals surface area contributed by atoms with Gasteiger partial charge in [-0.05, 0) is 49.7 Å². The minimum absolute atomic E-state index is 0.0399. The summed E-state index contributed by atoms with van der Waals surface area (Å²) >= 11 is 0. The highest BCUT2D eigenvalue weighted by Gasteiger charge is 2.19. The van der Waals surface area contributed by atoms with E-state index in [1.165, 1.54) is 0 Å². The Morgan fingerprint density at radius 2 is 1.62 bits per heavy atom. The molecule has 6 nitrogen and oxygen atoms in total. The molecule has 0 unspecified atom stereocenters. The third-order valence-corrected chi connectivity index (χ3v) is 4.76. The van der Waals surface area contributed by atoms with Crippen molar-refractivity contribution < 1.29 is 9.59 Å². The van der Waals surface area contributed by atoms with Gasteiger partial charge in [0.2, 0.25) is 0 Å². The summed E-state index contributed by atoms with van der Waals surface area (Å²) in [6, 6.07) is 18.9. The molecule has 0 saturated heterocycles. The average Bonchev–Trinajstić information content (AvgIpc) is 3.13. The summed E-state index contributed by atoms with van der Waals surface area (Å²) in [5.74, 6) is -0.152. The fraction of sp³-hybridized carbons (Fsp3) is 0.261. The lowest BCUT2D eigenvalue weighted by molar-refractivity contribution is 0.0745. The van der Waals surface area contributed by atoms with Gasteiger partial charge in [-0.2, -0.15) is 5.10 Å². The number of aromatic nitrogens is 2. The van der Waals surface area contributed by atoms with Crippen molar-refractivity contribution in [2.75, 3.05) is 20.6 Å². The van der Waals surface area contributed by atoms with E-state index in [1.54, 1.807) is 40.7 Å². The molecule has 29 heavy (non-hydrogen) atoms. The maximum absolute atomic E-state index is 13.0. The number of hydrogen-bond acceptors (Lipinski definition) is 3. The largest absolute Gasteiger partial charge is 0.345 e. The van der Waals surface area contributed by atoms with Gasteiger partial charge in [-0.15, -0.1) is 0 Å². The van der Waals surface area contributed by atoms with Crippen LogP contribution in [0.5, 0.6) is 0 Å². The quantitative estimate of drug-likeness (QED) is 0.647. The van der Waals surface area contributed by atoms with Crippen molar-refractivity contribution in [3.8, 4) is 5.69 Å². The minimum Gasteiger partial charge on any atom is -0.345 e. The molecule has 6 heteroatoms. The molecule has 0 saturated carbocycles. The molecule has 0 aliphatic rings. The highest BCUT2D eigenvalue weighted by Crippen LogP contribution is 2.15. The first kappa shape index (κ1) is 20.3. The second-order valence-electron chi connectivity index (χ2n) is 7.13. The third kappa shape index (κ3) is 4.54. The van der Waals surface area contributed by atoms with E-state index >= 15 is 0 Å². The van der Waals surface area contributed by atoms with Crippen molar-refractivity contribution in [1.29, 1.82) is 0 Å². The van der Waals surface area contributed by atoms with Crippen LogP contribution in [-0.4, -0.2) is 52.0 Å². The summed E-state index contributed by atoms with van der Waals surface area (Å²) in [6.07, 6.45) is 0. The van der Waals surface area contributed by atoms with Gasteiger partial charge in [0.05, 0.1) is 5.69 Å². The van der Waals surface area contributed by atoms with Crippen molar-refractivity contribution in [3.63, 3.8) is 0 Å². The van der Waals surface area contributed by atoms with E-state index in [9.17, 15) is 9.59 Å². The van der Waals surface area contributed by atoms with Crippen LogP contribution in [0, 0.1) is 6.92 Å². The Kier molecular flexibility index (Phi) is 6.12. The molecule has 2 amide bonds. The number of hydrogen-bond donors (Lipinski definition) is 0. The molecule has 1 aromatic heterocycles. The Morgan fingerprint density at radius 3 is 2.21 bits per heavy atom. The molecular formula is C23H26N4O2. The van der Waals surface area contributed by atoms with Crippen molar-refractivity contribution in [3.05, 3.63) is 83.2 Å². The van der Waals surface area contributed by atoms with Crippen LogP contribution in [0.15, 0.2) is 60.7 Å². The Morgan fingerprint density at radius 1 is 0.966 bits per heavy atom. The predicted molar refractivity (Wildman–Crippen MR) is 113 cm³/mol. The smallest absolute Gasteiger partial charge is 0.274 e. The van der Waals surface area contributed by atoms with Crippen molar-refractivity contribution >= 4 is 11.8 Å². The standard InChI is InChI=1S/C23H26N4O2/c1-5-26(16-18-11-13-19(14-12-18)22(28)25(3)4)23(29)21-15-17(2)27(24-21)20-9-7-6-8-10-20/h6-15H,5,16H2,1-4H3. The number of amides is 2. The molecule has 150 valence electrons. The summed E-state index contributed by atoms with van der Waals surface area (Å²) in [6.45, 7) is 4.91. The first-order valence-electron chi connectivity index (χ1n) is 9.62. The van der Waals surface area contributed by atoms with Gasteiger partial charge in [-0.25, -0.2) is 4.68 Å². The van der Waals surface area contributed by atoms with Crippen LogP contribution in [-0.2, 0) is 6.54 Å². The Hall–Kier alpha value is -3.41. The Labute approximate surface area is 171 Å². The van der Waals surface area contributed by atoms with Crippen LogP contribution in [0.25, 0.3) is 5.69 Å². The number of carbonyl (C=O) groups is 2. The van der Waals surface area contributed by atoms with Crippen molar-refractivity contribution in [2.45, 2.75) is 20.4 Å². The highest BCUT2D eigenvalue weighted by molar-refractivity contribution is 5.94. The van der Waals surface area contributed by atoms with Gasteiger partial charge >= 0.3 is 0 Å². The van der Waals surface area contributed by atoms with Gasteiger partial charge in [0.25, 0.3) is 11.8 Å². The highest BCUT2D eigenvalue weighted by atomic mass is 16.2. The summed E-state index contributed by atoms with van der Waals surface area (Å²) in [5.41, 5.74) is 3.85. The molecule has 0 spiro atoms. The maximum Gasteiger partial charge on any atom is 0.274 e. The van der Waals surface area contributed by atoms with Crippen LogP contribution < -0.4 is 0 Å². The van der Waals surface area contributed by atoms with E-state index in [0.717, 1.165) is 16.9 Å². The number of nitrogens with zero attached hydrogens (tertiary/aromatic N) is 4. The van der Waals surface area contributed by atoms with E-state index in [1.807, 2.05) is 62.4 Å². The van der Waals surface area contributed by atoms with E-state index < -0.39 is 0 Å². The van der Waals surface area contributed by atoms with Crippen LogP contribution in [0.2, 0.25) is 0 Å². The normalized spacial score (nSPS) is 10.6. The Bertz CT molecular complexity index is 991. The van der Waals surface area contributed by atoms with Gasteiger partial charge < -0.3 is 9.80 Å². The lowest BCUT2D eigenvalue weighted by Crippen LogP contribution is -2.30. The van der Waals surface area contributed by atoms with Crippen molar-refractivity contribution in [1.82, 2.24) is 19.6 Å². The molecule has 3 aromatic rings. The summed E-state index contributed by atoms with van der Waals surface area (Å²) in [5, 5.41) is 4.52. The van der Waals surface area contributed by atoms with Gasteiger partial charge in [0.15, 0.2) is 5.69 Å². The van der Waals surface area contributed by atoms with Gasteiger partial charge in [-0.3, -0.25) is 9.59 Å². The lowest BCUT2D eigenvalue weighted by atomic mass is 10.1. The Balaban J connectivity index is 1.77. The maximum atomic E-state index is 13.0. The molecule has 0 atom stereocenters. The first-order chi connectivity index (χ1) is 13.9. The molecule has 3 rings (SSSR count). The van der Waals surface area contributed by atoms with Gasteiger partial charge in [-0.1, -0.05) is 30.3 Å². The molecule has 0 radical (unpaired) electrons.